The number of rotatable bonds is 12. The normalized spacial score (nSPS) is 12.6. The monoisotopic (exact) mass is 494 g/mol. The van der Waals surface area contributed by atoms with E-state index in [0.717, 1.165) is 0 Å². The summed E-state index contributed by atoms with van der Waals surface area (Å²) in [6.07, 6.45) is 2.02. The molecule has 0 fully saturated rings. The number of hydrogen-bond donors (Lipinski definition) is 3. The molecule has 1 heterocycles. The van der Waals surface area contributed by atoms with Gasteiger partial charge in [-0.25, -0.2) is 9.59 Å². The molecule has 0 aliphatic carbocycles. The van der Waals surface area contributed by atoms with Crippen LogP contribution in [-0.4, -0.2) is 61.2 Å². The summed E-state index contributed by atoms with van der Waals surface area (Å²) in [6, 6.07) is 1.20. The van der Waals surface area contributed by atoms with Gasteiger partial charge in [-0.05, 0) is 37.3 Å². The van der Waals surface area contributed by atoms with Crippen LogP contribution in [0.2, 0.25) is 0 Å². The molecule has 0 bridgehead atoms. The van der Waals surface area contributed by atoms with Gasteiger partial charge in [0.2, 0.25) is 11.8 Å². The third kappa shape index (κ3) is 6.43. The Bertz CT molecular complexity index is 1110. The average Bonchev–Trinajstić information content (AvgIpc) is 2.81. The van der Waals surface area contributed by atoms with Gasteiger partial charge in [-0.1, -0.05) is 6.92 Å². The maximum atomic E-state index is 12.7. The van der Waals surface area contributed by atoms with E-state index in [0.29, 0.717) is 28.2 Å². The van der Waals surface area contributed by atoms with Crippen molar-refractivity contribution in [2.45, 2.75) is 45.2 Å². The van der Waals surface area contributed by atoms with Crippen LogP contribution in [0.5, 0.6) is 11.5 Å². The zero-order valence-corrected chi connectivity index (χ0v) is 20.7. The number of amides is 2. The van der Waals surface area contributed by atoms with Crippen molar-refractivity contribution in [2.24, 2.45) is 0 Å². The maximum Gasteiger partial charge on any atom is 0.340 e. The third-order valence-electron chi connectivity index (χ3n) is 5.39. The van der Waals surface area contributed by atoms with Crippen molar-refractivity contribution >= 4 is 40.5 Å². The van der Waals surface area contributed by atoms with Crippen molar-refractivity contribution in [1.29, 1.82) is 0 Å². The number of methoxy groups -OCH3 is 2. The number of ether oxygens (including phenoxy) is 2. The molecule has 1 aromatic heterocycles. The summed E-state index contributed by atoms with van der Waals surface area (Å²) < 4.78 is 16.0. The molecule has 0 aliphatic rings. The molecule has 34 heavy (non-hydrogen) atoms. The quantitative estimate of drug-likeness (QED) is 0.377. The summed E-state index contributed by atoms with van der Waals surface area (Å²) in [5, 5.41) is 14.9. The Kier molecular flexibility index (Phi) is 9.79. The lowest BCUT2D eigenvalue weighted by Gasteiger charge is -2.20. The number of carbonyl (C=O) groups excluding carboxylic acids is 2. The fourth-order valence-corrected chi connectivity index (χ4v) is 3.96. The van der Waals surface area contributed by atoms with E-state index in [9.17, 15) is 24.3 Å². The van der Waals surface area contributed by atoms with Crippen LogP contribution in [0.3, 0.4) is 0 Å². The number of thioether (sulfide) groups is 1. The Morgan fingerprint density at radius 1 is 1.15 bits per heavy atom. The van der Waals surface area contributed by atoms with Crippen molar-refractivity contribution in [3.05, 3.63) is 33.7 Å². The number of carboxylic acids is 1. The lowest BCUT2D eigenvalue weighted by atomic mass is 10.0. The third-order valence-corrected chi connectivity index (χ3v) is 6.04. The van der Waals surface area contributed by atoms with Crippen LogP contribution in [-0.2, 0) is 20.8 Å². The van der Waals surface area contributed by atoms with Gasteiger partial charge in [-0.15, -0.1) is 0 Å². The first kappa shape index (κ1) is 27.0. The SMILES string of the molecule is CC[C@@H](NC(=O)Cc1c(C)c2c(OC)cc(OC)cc2oc1=O)C(=O)N[C@H](CCSC)C(=O)O. The number of hydrogen-bond acceptors (Lipinski definition) is 8. The van der Waals surface area contributed by atoms with Gasteiger partial charge in [0.25, 0.3) is 0 Å². The van der Waals surface area contributed by atoms with Gasteiger partial charge in [0.05, 0.1) is 31.6 Å². The largest absolute Gasteiger partial charge is 0.496 e. The first-order chi connectivity index (χ1) is 16.2. The number of carboxylic acid groups (broad SMARTS) is 1. The van der Waals surface area contributed by atoms with E-state index in [1.165, 1.54) is 26.0 Å². The molecule has 1 aromatic carbocycles. The molecule has 2 atom stereocenters. The van der Waals surface area contributed by atoms with Crippen LogP contribution < -0.4 is 25.7 Å². The van der Waals surface area contributed by atoms with E-state index in [1.807, 2.05) is 6.26 Å². The molecule has 10 nitrogen and oxygen atoms in total. The number of fused-ring (bicyclic) bond motifs is 1. The highest BCUT2D eigenvalue weighted by atomic mass is 32.2. The fraction of sp³-hybridized carbons (Fsp3) is 0.478. The predicted octanol–water partition coefficient (Wildman–Crippen LogP) is 1.88. The van der Waals surface area contributed by atoms with Crippen molar-refractivity contribution < 1.29 is 33.4 Å². The molecular weight excluding hydrogens is 464 g/mol. The molecule has 0 aliphatic heterocycles. The van der Waals surface area contributed by atoms with Gasteiger partial charge in [0.15, 0.2) is 0 Å². The summed E-state index contributed by atoms with van der Waals surface area (Å²) in [7, 11) is 2.95. The Hall–Kier alpha value is -3.21. The van der Waals surface area contributed by atoms with Gasteiger partial charge in [-0.2, -0.15) is 11.8 Å². The molecule has 186 valence electrons. The Morgan fingerprint density at radius 2 is 1.85 bits per heavy atom. The first-order valence-corrected chi connectivity index (χ1v) is 12.1. The predicted molar refractivity (Wildman–Crippen MR) is 129 cm³/mol. The second kappa shape index (κ2) is 12.3. The lowest BCUT2D eigenvalue weighted by Crippen LogP contribution is -2.51. The molecular formula is C23H30N2O8S. The van der Waals surface area contributed by atoms with E-state index < -0.39 is 35.5 Å². The molecule has 2 aromatic rings. The standard InChI is InChI=1S/C23H30N2O8S/c1-6-15(21(27)25-16(22(28)29)7-8-34-5)24-19(26)11-14-12(2)20-17(32-4)9-13(31-3)10-18(20)33-23(14)30/h9-10,15-16H,6-8,11H2,1-5H3,(H,24,26)(H,25,27)(H,28,29)/t15-,16-/m1/s1. The minimum atomic E-state index is -1.14. The van der Waals surface area contributed by atoms with E-state index >= 15 is 0 Å². The van der Waals surface area contributed by atoms with Gasteiger partial charge in [0, 0.05) is 12.1 Å². The van der Waals surface area contributed by atoms with Gasteiger partial charge in [0.1, 0.15) is 29.2 Å². The zero-order chi connectivity index (χ0) is 25.4. The number of aryl methyl sites for hydroxylation is 1. The highest BCUT2D eigenvalue weighted by Crippen LogP contribution is 2.33. The topological polar surface area (TPSA) is 144 Å². The van der Waals surface area contributed by atoms with E-state index in [1.54, 1.807) is 26.0 Å². The summed E-state index contributed by atoms with van der Waals surface area (Å²) in [5.41, 5.74) is 0.225. The molecule has 2 rings (SSSR count). The van der Waals surface area contributed by atoms with Crippen molar-refractivity contribution in [1.82, 2.24) is 10.6 Å². The molecule has 2 amide bonds. The molecule has 11 heteroatoms. The molecule has 0 saturated carbocycles. The van der Waals surface area contributed by atoms with E-state index in [2.05, 4.69) is 10.6 Å². The number of carbonyl (C=O) groups is 3. The molecule has 0 radical (unpaired) electrons. The average molecular weight is 495 g/mol. The Labute approximate surface area is 201 Å². The Balaban J connectivity index is 2.24. The molecule has 3 N–H and O–H groups in total. The van der Waals surface area contributed by atoms with Crippen LogP contribution >= 0.6 is 11.8 Å². The van der Waals surface area contributed by atoms with E-state index in [-0.39, 0.29) is 30.4 Å². The second-order valence-corrected chi connectivity index (χ2v) is 8.57. The fourth-order valence-electron chi connectivity index (χ4n) is 3.49. The summed E-state index contributed by atoms with van der Waals surface area (Å²) >= 11 is 1.47. The number of nitrogens with one attached hydrogen (secondary N) is 2. The number of aliphatic carboxylic acids is 1. The highest BCUT2D eigenvalue weighted by Gasteiger charge is 2.26. The van der Waals surface area contributed by atoms with Gasteiger partial charge in [-0.3, -0.25) is 9.59 Å². The first-order valence-electron chi connectivity index (χ1n) is 10.7. The Morgan fingerprint density at radius 3 is 2.41 bits per heavy atom. The minimum absolute atomic E-state index is 0.132. The van der Waals surface area contributed by atoms with Gasteiger partial charge < -0.3 is 29.6 Å². The van der Waals surface area contributed by atoms with Crippen LogP contribution in [0.4, 0.5) is 0 Å². The zero-order valence-electron chi connectivity index (χ0n) is 19.9. The van der Waals surface area contributed by atoms with Crippen molar-refractivity contribution in [2.75, 3.05) is 26.2 Å². The molecule has 0 spiro atoms. The van der Waals surface area contributed by atoms with Gasteiger partial charge >= 0.3 is 11.6 Å². The van der Waals surface area contributed by atoms with Crippen LogP contribution in [0.25, 0.3) is 11.0 Å². The van der Waals surface area contributed by atoms with Crippen molar-refractivity contribution in [3.8, 4) is 11.5 Å². The van der Waals surface area contributed by atoms with E-state index in [4.69, 9.17) is 13.9 Å². The maximum absolute atomic E-state index is 12.7. The van der Waals surface area contributed by atoms with Crippen molar-refractivity contribution in [3.63, 3.8) is 0 Å². The summed E-state index contributed by atoms with van der Waals surface area (Å²) in [4.78, 5) is 49.4. The number of benzene rings is 1. The highest BCUT2D eigenvalue weighted by molar-refractivity contribution is 7.98. The smallest absolute Gasteiger partial charge is 0.340 e. The summed E-state index contributed by atoms with van der Waals surface area (Å²) in [5.74, 6) is -0.870. The minimum Gasteiger partial charge on any atom is -0.496 e. The van der Waals surface area contributed by atoms with Crippen LogP contribution in [0, 0.1) is 6.92 Å². The second-order valence-electron chi connectivity index (χ2n) is 7.58. The lowest BCUT2D eigenvalue weighted by molar-refractivity contribution is -0.142. The van der Waals surface area contributed by atoms with Crippen LogP contribution in [0.1, 0.15) is 30.9 Å². The molecule has 0 saturated heterocycles. The van der Waals surface area contributed by atoms with Crippen LogP contribution in [0.15, 0.2) is 21.3 Å². The molecule has 0 unspecified atom stereocenters. The summed E-state index contributed by atoms with van der Waals surface area (Å²) in [6.45, 7) is 3.38.